The van der Waals surface area contributed by atoms with Gasteiger partial charge < -0.3 is 15.2 Å². The van der Waals surface area contributed by atoms with Gasteiger partial charge in [-0.1, -0.05) is 6.92 Å². The number of nitrogens with two attached hydrogens (primary N) is 1. The van der Waals surface area contributed by atoms with Gasteiger partial charge in [-0.05, 0) is 19.4 Å². The van der Waals surface area contributed by atoms with Crippen LogP contribution < -0.4 is 15.2 Å². The summed E-state index contributed by atoms with van der Waals surface area (Å²) in [6, 6.07) is 2.73. The van der Waals surface area contributed by atoms with E-state index in [1.807, 2.05) is 13.8 Å². The molecule has 0 aliphatic rings. The third-order valence-electron chi connectivity index (χ3n) is 3.38. The average Bonchev–Trinajstić information content (AvgIpc) is 2.45. The van der Waals surface area contributed by atoms with E-state index in [-0.39, 0.29) is 22.4 Å². The number of hydrogen-bond donors (Lipinski definition) is 1. The second kappa shape index (κ2) is 6.32. The predicted molar refractivity (Wildman–Crippen MR) is 78.7 cm³/mol. The van der Waals surface area contributed by atoms with Crippen molar-refractivity contribution in [3.63, 3.8) is 0 Å². The molecule has 0 bridgehead atoms. The molecule has 0 spiro atoms. The zero-order chi connectivity index (χ0) is 15.5. The summed E-state index contributed by atoms with van der Waals surface area (Å²) >= 11 is 0. The zero-order valence-corrected chi connectivity index (χ0v) is 13.3. The minimum atomic E-state index is -3.67. The molecule has 7 heteroatoms. The summed E-state index contributed by atoms with van der Waals surface area (Å²) in [5, 5.41) is 0. The van der Waals surface area contributed by atoms with Gasteiger partial charge in [0.1, 0.15) is 16.4 Å². The molecule has 1 aromatic rings. The first kappa shape index (κ1) is 16.6. The van der Waals surface area contributed by atoms with Gasteiger partial charge in [-0.15, -0.1) is 0 Å². The molecular formula is C13H22N2O4S. The first-order valence-electron chi connectivity index (χ1n) is 6.29. The Kier molecular flexibility index (Phi) is 5.24. The van der Waals surface area contributed by atoms with Crippen molar-refractivity contribution in [3.8, 4) is 11.5 Å². The molecule has 1 atom stereocenters. The molecule has 1 rings (SSSR count). The van der Waals surface area contributed by atoms with Crippen LogP contribution in [-0.4, -0.2) is 40.0 Å². The van der Waals surface area contributed by atoms with E-state index in [9.17, 15) is 8.42 Å². The van der Waals surface area contributed by atoms with Gasteiger partial charge in [0.2, 0.25) is 10.0 Å². The van der Waals surface area contributed by atoms with Crippen molar-refractivity contribution in [1.29, 1.82) is 0 Å². The Labute approximate surface area is 120 Å². The van der Waals surface area contributed by atoms with Gasteiger partial charge in [-0.3, -0.25) is 0 Å². The van der Waals surface area contributed by atoms with E-state index in [4.69, 9.17) is 15.2 Å². The van der Waals surface area contributed by atoms with Gasteiger partial charge in [-0.2, -0.15) is 4.31 Å². The van der Waals surface area contributed by atoms with Crippen LogP contribution in [0.5, 0.6) is 11.5 Å². The number of nitrogen functional groups attached to an aromatic ring is 1. The fourth-order valence-corrected chi connectivity index (χ4v) is 3.35. The summed E-state index contributed by atoms with van der Waals surface area (Å²) in [5.74, 6) is 0.596. The molecule has 1 aromatic carbocycles. The van der Waals surface area contributed by atoms with E-state index in [0.29, 0.717) is 12.2 Å². The fraction of sp³-hybridized carbons (Fsp3) is 0.538. The Balaban J connectivity index is 3.41. The molecule has 0 aliphatic carbocycles. The highest BCUT2D eigenvalue weighted by Crippen LogP contribution is 2.35. The summed E-state index contributed by atoms with van der Waals surface area (Å²) in [4.78, 5) is 0.0427. The quantitative estimate of drug-likeness (QED) is 0.809. The molecular weight excluding hydrogens is 280 g/mol. The lowest BCUT2D eigenvalue weighted by atomic mass is 10.3. The third-order valence-corrected chi connectivity index (χ3v) is 5.38. The van der Waals surface area contributed by atoms with E-state index >= 15 is 0 Å². The average molecular weight is 302 g/mol. The number of hydrogen-bond acceptors (Lipinski definition) is 5. The minimum Gasteiger partial charge on any atom is -0.495 e. The first-order valence-corrected chi connectivity index (χ1v) is 7.73. The number of methoxy groups -OCH3 is 2. The van der Waals surface area contributed by atoms with Crippen LogP contribution in [0.1, 0.15) is 20.3 Å². The first-order chi connectivity index (χ1) is 9.29. The number of benzene rings is 1. The van der Waals surface area contributed by atoms with E-state index in [2.05, 4.69) is 0 Å². The summed E-state index contributed by atoms with van der Waals surface area (Å²) in [5.41, 5.74) is 6.05. The largest absolute Gasteiger partial charge is 0.495 e. The van der Waals surface area contributed by atoms with Crippen molar-refractivity contribution in [1.82, 2.24) is 4.31 Å². The van der Waals surface area contributed by atoms with Crippen molar-refractivity contribution >= 4 is 15.7 Å². The summed E-state index contributed by atoms with van der Waals surface area (Å²) in [6.45, 7) is 3.77. The number of ether oxygens (including phenoxy) is 2. The summed E-state index contributed by atoms with van der Waals surface area (Å²) in [6.07, 6.45) is 0.712. The van der Waals surface area contributed by atoms with Gasteiger partial charge in [-0.25, -0.2) is 8.42 Å². The van der Waals surface area contributed by atoms with Gasteiger partial charge in [0.15, 0.2) is 0 Å². The normalized spacial score (nSPS) is 13.3. The highest BCUT2D eigenvalue weighted by Gasteiger charge is 2.28. The molecule has 0 saturated heterocycles. The van der Waals surface area contributed by atoms with Crippen molar-refractivity contribution in [2.24, 2.45) is 0 Å². The van der Waals surface area contributed by atoms with Crippen LogP contribution in [0.25, 0.3) is 0 Å². The van der Waals surface area contributed by atoms with E-state index in [1.165, 1.54) is 30.7 Å². The van der Waals surface area contributed by atoms with Gasteiger partial charge in [0.25, 0.3) is 0 Å². The molecule has 0 fully saturated rings. The van der Waals surface area contributed by atoms with Crippen LogP contribution in [0.3, 0.4) is 0 Å². The van der Waals surface area contributed by atoms with Crippen molar-refractivity contribution in [2.45, 2.75) is 31.2 Å². The topological polar surface area (TPSA) is 81.9 Å². The zero-order valence-electron chi connectivity index (χ0n) is 12.5. The van der Waals surface area contributed by atoms with Crippen LogP contribution in [0.2, 0.25) is 0 Å². The molecule has 0 aromatic heterocycles. The Morgan fingerprint density at radius 1 is 1.25 bits per heavy atom. The predicted octanol–water partition coefficient (Wildman–Crippen LogP) is 1.70. The second-order valence-electron chi connectivity index (χ2n) is 4.52. The van der Waals surface area contributed by atoms with Crippen molar-refractivity contribution in [3.05, 3.63) is 12.1 Å². The maximum atomic E-state index is 12.6. The van der Waals surface area contributed by atoms with Gasteiger partial charge in [0.05, 0.1) is 19.9 Å². The Bertz CT molecular complexity index is 572. The standard InChI is InChI=1S/C13H22N2O4S/c1-6-9(2)15(3)20(16,17)13-7-10(14)11(18-4)8-12(13)19-5/h7-9H,6,14H2,1-5H3. The lowest BCUT2D eigenvalue weighted by molar-refractivity contribution is 0.368. The highest BCUT2D eigenvalue weighted by atomic mass is 32.2. The molecule has 0 radical (unpaired) electrons. The Morgan fingerprint density at radius 2 is 1.80 bits per heavy atom. The van der Waals surface area contributed by atoms with E-state index in [0.717, 1.165) is 0 Å². The molecule has 20 heavy (non-hydrogen) atoms. The number of rotatable bonds is 6. The molecule has 2 N–H and O–H groups in total. The summed E-state index contributed by atoms with van der Waals surface area (Å²) < 4.78 is 36.8. The lowest BCUT2D eigenvalue weighted by Crippen LogP contribution is -2.34. The highest BCUT2D eigenvalue weighted by molar-refractivity contribution is 7.89. The molecule has 0 amide bonds. The SMILES string of the molecule is CCC(C)N(C)S(=O)(=O)c1cc(N)c(OC)cc1OC. The molecule has 6 nitrogen and oxygen atoms in total. The molecule has 1 unspecified atom stereocenters. The molecule has 0 aliphatic heterocycles. The van der Waals surface area contributed by atoms with Gasteiger partial charge in [0, 0.05) is 19.2 Å². The van der Waals surface area contributed by atoms with Crippen LogP contribution in [0, 0.1) is 0 Å². The monoisotopic (exact) mass is 302 g/mol. The fourth-order valence-electron chi connectivity index (χ4n) is 1.74. The van der Waals surface area contributed by atoms with Gasteiger partial charge >= 0.3 is 0 Å². The second-order valence-corrected chi connectivity index (χ2v) is 6.49. The van der Waals surface area contributed by atoms with Crippen LogP contribution in [0.4, 0.5) is 5.69 Å². The Morgan fingerprint density at radius 3 is 2.25 bits per heavy atom. The summed E-state index contributed by atoms with van der Waals surface area (Å²) in [7, 11) is 0.750. The number of anilines is 1. The van der Waals surface area contributed by atoms with E-state index < -0.39 is 10.0 Å². The van der Waals surface area contributed by atoms with Crippen LogP contribution in [0.15, 0.2) is 17.0 Å². The van der Waals surface area contributed by atoms with Crippen LogP contribution >= 0.6 is 0 Å². The molecule has 0 saturated carbocycles. The third kappa shape index (κ3) is 2.99. The molecule has 0 heterocycles. The Hall–Kier alpha value is -1.47. The maximum absolute atomic E-state index is 12.6. The van der Waals surface area contributed by atoms with E-state index in [1.54, 1.807) is 7.05 Å². The number of sulfonamides is 1. The molecule has 114 valence electrons. The smallest absolute Gasteiger partial charge is 0.246 e. The number of nitrogens with zero attached hydrogens (tertiary/aromatic N) is 1. The minimum absolute atomic E-state index is 0.0427. The lowest BCUT2D eigenvalue weighted by Gasteiger charge is -2.24. The van der Waals surface area contributed by atoms with Crippen molar-refractivity contribution < 1.29 is 17.9 Å². The maximum Gasteiger partial charge on any atom is 0.246 e. The van der Waals surface area contributed by atoms with Crippen LogP contribution in [-0.2, 0) is 10.0 Å². The van der Waals surface area contributed by atoms with Crippen molar-refractivity contribution in [2.75, 3.05) is 27.0 Å².